The first-order chi connectivity index (χ1) is 18.8. The molecule has 5 amide bonds. The Morgan fingerprint density at radius 2 is 1.57 bits per heavy atom. The third-order valence-electron chi connectivity index (χ3n) is 7.00. The summed E-state index contributed by atoms with van der Waals surface area (Å²) in [5.41, 5.74) is 6.82. The molecule has 1 aromatic rings. The number of hydrogen-bond donors (Lipinski definition) is 3. The zero-order valence-electron chi connectivity index (χ0n) is 21.9. The van der Waals surface area contributed by atoms with Gasteiger partial charge in [-0.15, -0.1) is 0 Å². The maximum atomic E-state index is 13.2. The summed E-state index contributed by atoms with van der Waals surface area (Å²) in [4.78, 5) is 63.8. The molecule has 0 spiro atoms. The number of imide groups is 1. The molecule has 0 atom stereocenters. The number of rotatable bonds is 4. The van der Waals surface area contributed by atoms with E-state index in [1.807, 2.05) is 4.90 Å². The van der Waals surface area contributed by atoms with Gasteiger partial charge in [0.15, 0.2) is 0 Å². The summed E-state index contributed by atoms with van der Waals surface area (Å²) in [5.74, 6) is -2.68. The molecule has 0 saturated carbocycles. The van der Waals surface area contributed by atoms with Gasteiger partial charge >= 0.3 is 18.2 Å². The second-order valence-electron chi connectivity index (χ2n) is 9.67. The molecule has 4 rings (SSSR count). The number of carbonyl (C=O) groups excluding carboxylic acids is 4. The predicted molar refractivity (Wildman–Crippen MR) is 135 cm³/mol. The van der Waals surface area contributed by atoms with Gasteiger partial charge in [-0.05, 0) is 43.9 Å². The maximum absolute atomic E-state index is 13.2. The number of alkyl halides is 3. The summed E-state index contributed by atoms with van der Waals surface area (Å²) in [7, 11) is 1.49. The molecule has 0 aromatic heterocycles. The standard InChI is InChI=1S/C23H31N5O5.C2HF3O2/c1-33-19-3-2-16(14-18(19)28-13-8-20(29)25-23(28)32)22(31)26-9-4-15(5-10-26)21(30)27-11-6-17(24)7-12-27;3-2(4,5)1(6)7/h2-3,14-15,17H,4-13,24H2,1H3,(H,25,29,32);(H,6,7). The molecule has 12 nitrogen and oxygen atoms in total. The summed E-state index contributed by atoms with van der Waals surface area (Å²) in [5, 5.41) is 9.42. The van der Waals surface area contributed by atoms with Gasteiger partial charge in [-0.25, -0.2) is 9.59 Å². The van der Waals surface area contributed by atoms with Crippen molar-refractivity contribution in [1.29, 1.82) is 0 Å². The lowest BCUT2D eigenvalue weighted by Gasteiger charge is -2.36. The van der Waals surface area contributed by atoms with Crippen molar-refractivity contribution in [2.75, 3.05) is 44.7 Å². The van der Waals surface area contributed by atoms with E-state index in [2.05, 4.69) is 5.32 Å². The number of anilines is 1. The van der Waals surface area contributed by atoms with Gasteiger partial charge in [0.2, 0.25) is 11.8 Å². The number of urea groups is 1. The van der Waals surface area contributed by atoms with Crippen molar-refractivity contribution in [1.82, 2.24) is 15.1 Å². The van der Waals surface area contributed by atoms with E-state index < -0.39 is 18.2 Å². The Balaban J connectivity index is 0.000000559. The van der Waals surface area contributed by atoms with Gasteiger partial charge < -0.3 is 25.4 Å². The SMILES string of the molecule is COc1ccc(C(=O)N2CCC(C(=O)N3CCC(N)CC3)CC2)cc1N1CCC(=O)NC1=O.O=C(O)C(F)(F)F. The first-order valence-corrected chi connectivity index (χ1v) is 12.7. The lowest BCUT2D eigenvalue weighted by atomic mass is 9.93. The second-order valence-corrected chi connectivity index (χ2v) is 9.67. The molecular formula is C25H32F3N5O7. The van der Waals surface area contributed by atoms with Gasteiger partial charge in [-0.1, -0.05) is 0 Å². The van der Waals surface area contributed by atoms with Crippen molar-refractivity contribution in [2.45, 2.75) is 44.3 Å². The Morgan fingerprint density at radius 1 is 1.00 bits per heavy atom. The minimum Gasteiger partial charge on any atom is -0.495 e. The molecular weight excluding hydrogens is 539 g/mol. The molecule has 1 aromatic carbocycles. The summed E-state index contributed by atoms with van der Waals surface area (Å²) in [6.45, 7) is 2.64. The molecule has 15 heteroatoms. The number of piperidine rings is 2. The fraction of sp³-hybridized carbons (Fsp3) is 0.560. The number of likely N-dealkylation sites (tertiary alicyclic amines) is 2. The molecule has 0 unspecified atom stereocenters. The van der Waals surface area contributed by atoms with Crippen LogP contribution in [0.25, 0.3) is 0 Å². The normalized spacial score (nSPS) is 19.0. The highest BCUT2D eigenvalue weighted by Crippen LogP contribution is 2.32. The van der Waals surface area contributed by atoms with E-state index in [9.17, 15) is 32.3 Å². The number of benzene rings is 1. The average molecular weight is 572 g/mol. The van der Waals surface area contributed by atoms with Crippen LogP contribution in [0.2, 0.25) is 0 Å². The quantitative estimate of drug-likeness (QED) is 0.491. The minimum absolute atomic E-state index is 0.0654. The highest BCUT2D eigenvalue weighted by Gasteiger charge is 2.38. The molecule has 4 N–H and O–H groups in total. The van der Waals surface area contributed by atoms with Crippen LogP contribution in [0.5, 0.6) is 5.75 Å². The third-order valence-corrected chi connectivity index (χ3v) is 7.00. The van der Waals surface area contributed by atoms with Crippen LogP contribution in [-0.2, 0) is 14.4 Å². The lowest BCUT2D eigenvalue weighted by molar-refractivity contribution is -0.192. The Bertz CT molecular complexity index is 1130. The van der Waals surface area contributed by atoms with Gasteiger partial charge in [-0.3, -0.25) is 24.6 Å². The van der Waals surface area contributed by atoms with Gasteiger partial charge in [-0.2, -0.15) is 13.2 Å². The number of halogens is 3. The average Bonchev–Trinajstić information content (AvgIpc) is 2.92. The van der Waals surface area contributed by atoms with Crippen molar-refractivity contribution in [2.24, 2.45) is 11.7 Å². The lowest BCUT2D eigenvalue weighted by Crippen LogP contribution is -2.49. The van der Waals surface area contributed by atoms with Crippen molar-refractivity contribution in [3.05, 3.63) is 23.8 Å². The fourth-order valence-corrected chi connectivity index (χ4v) is 4.72. The number of nitrogens with two attached hydrogens (primary N) is 1. The summed E-state index contributed by atoms with van der Waals surface area (Å²) in [6.07, 6.45) is -1.96. The van der Waals surface area contributed by atoms with Crippen LogP contribution in [0.1, 0.15) is 42.5 Å². The number of nitrogens with one attached hydrogen (secondary N) is 1. The van der Waals surface area contributed by atoms with E-state index in [0.717, 1.165) is 12.8 Å². The molecule has 0 radical (unpaired) electrons. The summed E-state index contributed by atoms with van der Waals surface area (Å²) < 4.78 is 37.1. The van der Waals surface area contributed by atoms with Crippen LogP contribution in [0.4, 0.5) is 23.7 Å². The van der Waals surface area contributed by atoms with Gasteiger partial charge in [0.25, 0.3) is 5.91 Å². The predicted octanol–water partition coefficient (Wildman–Crippen LogP) is 1.58. The number of hydrogen-bond acceptors (Lipinski definition) is 7. The van der Waals surface area contributed by atoms with Crippen LogP contribution in [0.3, 0.4) is 0 Å². The number of amides is 5. The third kappa shape index (κ3) is 7.61. The fourth-order valence-electron chi connectivity index (χ4n) is 4.72. The minimum atomic E-state index is -5.08. The van der Waals surface area contributed by atoms with E-state index in [4.69, 9.17) is 20.4 Å². The Hall–Kier alpha value is -3.88. The zero-order valence-corrected chi connectivity index (χ0v) is 21.9. The molecule has 40 heavy (non-hydrogen) atoms. The van der Waals surface area contributed by atoms with E-state index >= 15 is 0 Å². The zero-order chi connectivity index (χ0) is 29.6. The highest BCUT2D eigenvalue weighted by molar-refractivity contribution is 6.07. The summed E-state index contributed by atoms with van der Waals surface area (Å²) in [6, 6.07) is 4.60. The van der Waals surface area contributed by atoms with Crippen LogP contribution < -0.4 is 20.7 Å². The number of aliphatic carboxylic acids is 1. The van der Waals surface area contributed by atoms with Crippen molar-refractivity contribution >= 4 is 35.4 Å². The van der Waals surface area contributed by atoms with Crippen LogP contribution in [0, 0.1) is 5.92 Å². The van der Waals surface area contributed by atoms with Gasteiger partial charge in [0.05, 0.1) is 12.8 Å². The molecule has 3 heterocycles. The van der Waals surface area contributed by atoms with E-state index in [-0.39, 0.29) is 42.6 Å². The number of carboxylic acid groups (broad SMARTS) is 1. The molecule has 0 aliphatic carbocycles. The van der Waals surface area contributed by atoms with Crippen molar-refractivity contribution < 1.29 is 47.0 Å². The number of carbonyl (C=O) groups is 5. The molecule has 0 bridgehead atoms. The first-order valence-electron chi connectivity index (χ1n) is 12.7. The largest absolute Gasteiger partial charge is 0.495 e. The van der Waals surface area contributed by atoms with Crippen LogP contribution in [-0.4, -0.2) is 96.7 Å². The topological polar surface area (TPSA) is 163 Å². The number of carboxylic acids is 1. The number of ether oxygens (including phenoxy) is 1. The Morgan fingerprint density at radius 3 is 2.10 bits per heavy atom. The monoisotopic (exact) mass is 571 g/mol. The first kappa shape index (κ1) is 30.7. The molecule has 220 valence electrons. The summed E-state index contributed by atoms with van der Waals surface area (Å²) >= 11 is 0. The van der Waals surface area contributed by atoms with Crippen molar-refractivity contribution in [3.8, 4) is 5.75 Å². The van der Waals surface area contributed by atoms with E-state index in [1.165, 1.54) is 12.0 Å². The van der Waals surface area contributed by atoms with E-state index in [0.29, 0.717) is 56.0 Å². The molecule has 3 fully saturated rings. The maximum Gasteiger partial charge on any atom is 0.490 e. The Labute approximate surface area is 228 Å². The highest BCUT2D eigenvalue weighted by atomic mass is 19.4. The molecule has 3 aliphatic heterocycles. The number of nitrogens with zero attached hydrogens (tertiary/aromatic N) is 3. The van der Waals surface area contributed by atoms with Gasteiger partial charge in [0.1, 0.15) is 5.75 Å². The smallest absolute Gasteiger partial charge is 0.490 e. The second kappa shape index (κ2) is 13.0. The van der Waals surface area contributed by atoms with E-state index in [1.54, 1.807) is 23.1 Å². The molecule has 3 saturated heterocycles. The van der Waals surface area contributed by atoms with Crippen LogP contribution >= 0.6 is 0 Å². The van der Waals surface area contributed by atoms with Crippen LogP contribution in [0.15, 0.2) is 18.2 Å². The van der Waals surface area contributed by atoms with Gasteiger partial charge in [0, 0.05) is 56.7 Å². The van der Waals surface area contributed by atoms with Crippen molar-refractivity contribution in [3.63, 3.8) is 0 Å². The number of methoxy groups -OCH3 is 1. The Kier molecular flexibility index (Phi) is 9.95. The molecule has 3 aliphatic rings.